The number of hydrogen-bond donors (Lipinski definition) is 0. The molecule has 1 aliphatic heterocycles. The molecule has 1 fully saturated rings. The number of aromatic nitrogens is 2. The fraction of sp³-hybridized carbons (Fsp3) is 0.214. The maximum Gasteiger partial charge on any atom is 0.339 e. The summed E-state index contributed by atoms with van der Waals surface area (Å²) in [6.45, 7) is 4.08. The molecule has 1 aliphatic rings. The Labute approximate surface area is 204 Å². The van der Waals surface area contributed by atoms with Crippen LogP contribution in [0.15, 0.2) is 85.5 Å². The maximum absolute atomic E-state index is 12.1. The number of rotatable bonds is 8. The smallest absolute Gasteiger partial charge is 0.339 e. The van der Waals surface area contributed by atoms with Gasteiger partial charge in [0, 0.05) is 18.6 Å². The highest BCUT2D eigenvalue weighted by molar-refractivity contribution is 5.93. The van der Waals surface area contributed by atoms with Gasteiger partial charge in [0.1, 0.15) is 24.2 Å². The third-order valence-electron chi connectivity index (χ3n) is 5.96. The monoisotopic (exact) mass is 469 g/mol. The number of carbonyl (C=O) groups is 1. The zero-order chi connectivity index (χ0) is 24.2. The molecule has 0 atom stereocenters. The van der Waals surface area contributed by atoms with Gasteiger partial charge in [-0.05, 0) is 54.4 Å². The van der Waals surface area contributed by atoms with Crippen LogP contribution in [0.5, 0.6) is 11.5 Å². The Morgan fingerprint density at radius 1 is 1.03 bits per heavy atom. The van der Waals surface area contributed by atoms with E-state index in [4.69, 9.17) is 14.2 Å². The minimum absolute atomic E-state index is 0.126. The zero-order valence-electron chi connectivity index (χ0n) is 19.8. The summed E-state index contributed by atoms with van der Waals surface area (Å²) >= 11 is 0. The van der Waals surface area contributed by atoms with Crippen molar-refractivity contribution in [2.75, 3.05) is 25.1 Å². The average molecular weight is 470 g/mol. The van der Waals surface area contributed by atoms with E-state index in [1.165, 1.54) is 7.11 Å². The van der Waals surface area contributed by atoms with Gasteiger partial charge in [0.25, 0.3) is 0 Å². The van der Waals surface area contributed by atoms with Crippen LogP contribution in [0.4, 0.5) is 5.69 Å². The molecule has 3 heterocycles. The van der Waals surface area contributed by atoms with Crippen LogP contribution >= 0.6 is 0 Å². The number of para-hydroxylation sites is 1. The number of aryl methyl sites for hydroxylation is 1. The molecular weight excluding hydrogens is 442 g/mol. The Kier molecular flexibility index (Phi) is 6.39. The number of esters is 1. The standard InChI is InChI=1S/C28H27N3O4/c1-20-13-24(15-29-14-20)34-19-21-7-9-23(10-8-21)35-25-17-31(18-25)22-11-12-30(16-22)27-6-4-3-5-26(27)28(32)33-2/h3-16,25H,17-19H2,1-2H3. The number of ether oxygens (including phenoxy) is 3. The Hall–Kier alpha value is -4.26. The Morgan fingerprint density at radius 3 is 2.60 bits per heavy atom. The van der Waals surface area contributed by atoms with Crippen molar-refractivity contribution in [3.05, 3.63) is 102 Å². The SMILES string of the molecule is COC(=O)c1ccccc1-n1ccc(N2CC(Oc3ccc(COc4cncc(C)c4)cc3)C2)c1. The Morgan fingerprint density at radius 2 is 1.83 bits per heavy atom. The van der Waals surface area contributed by atoms with Crippen LogP contribution in [0.2, 0.25) is 0 Å². The van der Waals surface area contributed by atoms with Gasteiger partial charge in [0.2, 0.25) is 0 Å². The van der Waals surface area contributed by atoms with Crippen molar-refractivity contribution < 1.29 is 19.0 Å². The van der Waals surface area contributed by atoms with Crippen molar-refractivity contribution in [2.45, 2.75) is 19.6 Å². The van der Waals surface area contributed by atoms with E-state index in [0.29, 0.717) is 12.2 Å². The van der Waals surface area contributed by atoms with Gasteiger partial charge in [-0.3, -0.25) is 4.98 Å². The second-order valence-electron chi connectivity index (χ2n) is 8.56. The number of hydrogen-bond acceptors (Lipinski definition) is 6. The number of pyridine rings is 1. The van der Waals surface area contributed by atoms with Crippen molar-refractivity contribution in [3.63, 3.8) is 0 Å². The van der Waals surface area contributed by atoms with E-state index >= 15 is 0 Å². The van der Waals surface area contributed by atoms with Crippen molar-refractivity contribution in [1.29, 1.82) is 0 Å². The first kappa shape index (κ1) is 22.5. The van der Waals surface area contributed by atoms with E-state index in [1.54, 1.807) is 18.5 Å². The average Bonchev–Trinajstić information content (AvgIpc) is 3.34. The summed E-state index contributed by atoms with van der Waals surface area (Å²) in [6, 6.07) is 19.4. The van der Waals surface area contributed by atoms with E-state index in [9.17, 15) is 4.79 Å². The summed E-state index contributed by atoms with van der Waals surface area (Å²) in [6.07, 6.45) is 7.63. The van der Waals surface area contributed by atoms with Gasteiger partial charge in [-0.25, -0.2) is 4.79 Å². The minimum Gasteiger partial charge on any atom is -0.487 e. The molecule has 0 amide bonds. The van der Waals surface area contributed by atoms with Crippen molar-refractivity contribution in [2.24, 2.45) is 0 Å². The number of nitrogens with zero attached hydrogens (tertiary/aromatic N) is 3. The van der Waals surface area contributed by atoms with Gasteiger partial charge in [0.15, 0.2) is 0 Å². The Bertz CT molecular complexity index is 1310. The summed E-state index contributed by atoms with van der Waals surface area (Å²) in [5, 5.41) is 0. The fourth-order valence-electron chi connectivity index (χ4n) is 4.06. The first-order chi connectivity index (χ1) is 17.1. The molecule has 0 radical (unpaired) electrons. The molecule has 0 unspecified atom stereocenters. The van der Waals surface area contributed by atoms with Crippen LogP contribution in [-0.2, 0) is 11.3 Å². The normalized spacial score (nSPS) is 13.3. The van der Waals surface area contributed by atoms with E-state index in [-0.39, 0.29) is 12.1 Å². The van der Waals surface area contributed by atoms with E-state index < -0.39 is 0 Å². The second-order valence-corrected chi connectivity index (χ2v) is 8.56. The number of anilines is 1. The van der Waals surface area contributed by atoms with Crippen LogP contribution < -0.4 is 14.4 Å². The lowest BCUT2D eigenvalue weighted by molar-refractivity contribution is 0.0600. The van der Waals surface area contributed by atoms with Gasteiger partial charge < -0.3 is 23.7 Å². The lowest BCUT2D eigenvalue weighted by Crippen LogP contribution is -2.53. The predicted molar refractivity (Wildman–Crippen MR) is 133 cm³/mol. The number of benzene rings is 2. The van der Waals surface area contributed by atoms with Gasteiger partial charge in [-0.15, -0.1) is 0 Å². The van der Waals surface area contributed by atoms with Crippen LogP contribution in [0.1, 0.15) is 21.5 Å². The molecule has 4 aromatic rings. The van der Waals surface area contributed by atoms with Gasteiger partial charge in [-0.1, -0.05) is 24.3 Å². The molecule has 0 saturated carbocycles. The molecule has 7 heteroatoms. The fourth-order valence-corrected chi connectivity index (χ4v) is 4.06. The predicted octanol–water partition coefficient (Wildman–Crippen LogP) is 4.81. The molecule has 35 heavy (non-hydrogen) atoms. The summed E-state index contributed by atoms with van der Waals surface area (Å²) in [5.41, 5.74) is 4.56. The summed E-state index contributed by atoms with van der Waals surface area (Å²) < 4.78 is 18.8. The van der Waals surface area contributed by atoms with Crippen LogP contribution in [0.3, 0.4) is 0 Å². The first-order valence-corrected chi connectivity index (χ1v) is 11.5. The van der Waals surface area contributed by atoms with E-state index in [2.05, 4.69) is 9.88 Å². The third kappa shape index (κ3) is 5.14. The van der Waals surface area contributed by atoms with Crippen molar-refractivity contribution >= 4 is 11.7 Å². The van der Waals surface area contributed by atoms with Gasteiger partial charge >= 0.3 is 5.97 Å². The molecule has 0 spiro atoms. The molecule has 7 nitrogen and oxygen atoms in total. The minimum atomic E-state index is -0.349. The highest BCUT2D eigenvalue weighted by Gasteiger charge is 2.29. The molecule has 0 bridgehead atoms. The van der Waals surface area contributed by atoms with Crippen LogP contribution in [-0.4, -0.2) is 41.8 Å². The highest BCUT2D eigenvalue weighted by atomic mass is 16.5. The quantitative estimate of drug-likeness (QED) is 0.345. The molecule has 5 rings (SSSR count). The van der Waals surface area contributed by atoms with Crippen molar-refractivity contribution in [1.82, 2.24) is 9.55 Å². The molecule has 0 N–H and O–H groups in total. The highest BCUT2D eigenvalue weighted by Crippen LogP contribution is 2.27. The Balaban J connectivity index is 1.14. The second kappa shape index (κ2) is 9.93. The molecule has 178 valence electrons. The summed E-state index contributed by atoms with van der Waals surface area (Å²) in [7, 11) is 1.39. The van der Waals surface area contributed by atoms with Gasteiger partial charge in [0.05, 0.1) is 43.3 Å². The summed E-state index contributed by atoms with van der Waals surface area (Å²) in [4.78, 5) is 18.5. The number of carbonyl (C=O) groups excluding carboxylic acids is 1. The molecule has 2 aromatic heterocycles. The molecule has 2 aromatic carbocycles. The first-order valence-electron chi connectivity index (χ1n) is 11.5. The topological polar surface area (TPSA) is 65.8 Å². The lowest BCUT2D eigenvalue weighted by atomic mass is 10.1. The van der Waals surface area contributed by atoms with Gasteiger partial charge in [-0.2, -0.15) is 0 Å². The summed E-state index contributed by atoms with van der Waals surface area (Å²) in [5.74, 6) is 1.26. The molecule has 0 aliphatic carbocycles. The maximum atomic E-state index is 12.1. The van der Waals surface area contributed by atoms with E-state index in [0.717, 1.165) is 47.1 Å². The van der Waals surface area contributed by atoms with Crippen molar-refractivity contribution in [3.8, 4) is 17.2 Å². The molecular formula is C28H27N3O4. The third-order valence-corrected chi connectivity index (χ3v) is 5.96. The zero-order valence-corrected chi connectivity index (χ0v) is 19.8. The number of methoxy groups -OCH3 is 1. The lowest BCUT2D eigenvalue weighted by Gasteiger charge is -2.40. The molecule has 1 saturated heterocycles. The van der Waals surface area contributed by atoms with Crippen LogP contribution in [0.25, 0.3) is 5.69 Å². The van der Waals surface area contributed by atoms with Crippen LogP contribution in [0, 0.1) is 6.92 Å². The van der Waals surface area contributed by atoms with E-state index in [1.807, 2.05) is 78.5 Å². The largest absolute Gasteiger partial charge is 0.487 e.